The molecule has 2 heteroatoms. The first kappa shape index (κ1) is 14.8. The van der Waals surface area contributed by atoms with E-state index in [1.165, 1.54) is 25.7 Å². The van der Waals surface area contributed by atoms with Gasteiger partial charge in [-0.3, -0.25) is 0 Å². The van der Waals surface area contributed by atoms with Crippen LogP contribution in [0.1, 0.15) is 67.2 Å². The Bertz CT molecular complexity index is 178. The van der Waals surface area contributed by atoms with E-state index in [0.29, 0.717) is 9.49 Å². The van der Waals surface area contributed by atoms with Gasteiger partial charge in [0, 0.05) is 20.0 Å². The van der Waals surface area contributed by atoms with E-state index in [9.17, 15) is 0 Å². The molecular formula is C14H28S2. The maximum atomic E-state index is 2.34. The van der Waals surface area contributed by atoms with Crippen LogP contribution in [-0.2, 0) is 0 Å². The molecule has 1 saturated carbocycles. The molecule has 16 heavy (non-hydrogen) atoms. The molecule has 0 aromatic carbocycles. The fourth-order valence-electron chi connectivity index (χ4n) is 2.27. The van der Waals surface area contributed by atoms with Crippen LogP contribution in [-0.4, -0.2) is 20.0 Å². The van der Waals surface area contributed by atoms with E-state index < -0.39 is 0 Å². The van der Waals surface area contributed by atoms with E-state index in [-0.39, 0.29) is 0 Å². The van der Waals surface area contributed by atoms with Gasteiger partial charge in [0.2, 0.25) is 0 Å². The molecule has 1 aliphatic rings. The van der Waals surface area contributed by atoms with Crippen LogP contribution in [0.2, 0.25) is 0 Å². The van der Waals surface area contributed by atoms with Crippen LogP contribution < -0.4 is 0 Å². The average Bonchev–Trinajstić information content (AvgIpc) is 2.03. The molecule has 0 unspecified atom stereocenters. The van der Waals surface area contributed by atoms with Gasteiger partial charge in [-0.2, -0.15) is 23.5 Å². The molecule has 1 fully saturated rings. The molecule has 0 nitrogen and oxygen atoms in total. The van der Waals surface area contributed by atoms with Crippen molar-refractivity contribution in [2.24, 2.45) is 0 Å². The van der Waals surface area contributed by atoms with Crippen molar-refractivity contribution in [1.29, 1.82) is 0 Å². The summed E-state index contributed by atoms with van der Waals surface area (Å²) in [5.74, 6) is 0. The van der Waals surface area contributed by atoms with E-state index in [0.717, 1.165) is 10.5 Å². The van der Waals surface area contributed by atoms with Crippen molar-refractivity contribution in [3.8, 4) is 0 Å². The second-order valence-corrected chi connectivity index (χ2v) is 11.1. The van der Waals surface area contributed by atoms with Crippen LogP contribution in [0.5, 0.6) is 0 Å². The molecule has 0 saturated heterocycles. The largest absolute Gasteiger partial charge is 0.153 e. The van der Waals surface area contributed by atoms with Gasteiger partial charge in [0.25, 0.3) is 0 Å². The summed E-state index contributed by atoms with van der Waals surface area (Å²) in [6.07, 6.45) is 5.71. The molecule has 1 rings (SSSR count). The van der Waals surface area contributed by atoms with Gasteiger partial charge in [-0.05, 0) is 25.7 Å². The fraction of sp³-hybridized carbons (Fsp3) is 1.00. The Morgan fingerprint density at radius 2 is 0.875 bits per heavy atom. The summed E-state index contributed by atoms with van der Waals surface area (Å²) in [4.78, 5) is 0. The van der Waals surface area contributed by atoms with Crippen molar-refractivity contribution in [3.05, 3.63) is 0 Å². The smallest absolute Gasteiger partial charge is 0.00778 e. The van der Waals surface area contributed by atoms with Gasteiger partial charge < -0.3 is 0 Å². The van der Waals surface area contributed by atoms with Crippen molar-refractivity contribution in [2.75, 3.05) is 0 Å². The van der Waals surface area contributed by atoms with Crippen molar-refractivity contribution >= 4 is 23.5 Å². The summed E-state index contributed by atoms with van der Waals surface area (Å²) in [6, 6.07) is 0. The highest BCUT2D eigenvalue weighted by Crippen LogP contribution is 2.42. The zero-order valence-corrected chi connectivity index (χ0v) is 13.4. The van der Waals surface area contributed by atoms with Crippen LogP contribution in [0, 0.1) is 0 Å². The first-order chi connectivity index (χ1) is 7.16. The summed E-state index contributed by atoms with van der Waals surface area (Å²) in [6.45, 7) is 14.0. The third-order valence-corrected chi connectivity index (χ3v) is 5.69. The molecule has 0 radical (unpaired) electrons. The average molecular weight is 261 g/mol. The van der Waals surface area contributed by atoms with Crippen LogP contribution in [0.4, 0.5) is 0 Å². The quantitative estimate of drug-likeness (QED) is 0.655. The molecule has 0 spiro atoms. The molecule has 0 bridgehead atoms. The Morgan fingerprint density at radius 1 is 0.625 bits per heavy atom. The topological polar surface area (TPSA) is 0 Å². The third-order valence-electron chi connectivity index (χ3n) is 2.66. The van der Waals surface area contributed by atoms with E-state index in [1.54, 1.807) is 0 Å². The van der Waals surface area contributed by atoms with Crippen LogP contribution in [0.3, 0.4) is 0 Å². The minimum Gasteiger partial charge on any atom is -0.153 e. The molecule has 0 aliphatic heterocycles. The Balaban J connectivity index is 2.29. The lowest BCUT2D eigenvalue weighted by molar-refractivity contribution is 0.521. The van der Waals surface area contributed by atoms with Gasteiger partial charge in [-0.15, -0.1) is 0 Å². The molecule has 0 amide bonds. The lowest BCUT2D eigenvalue weighted by atomic mass is 10.00. The molecule has 96 valence electrons. The van der Waals surface area contributed by atoms with E-state index in [4.69, 9.17) is 0 Å². The van der Waals surface area contributed by atoms with E-state index in [1.807, 2.05) is 0 Å². The highest BCUT2D eigenvalue weighted by molar-refractivity contribution is 8.01. The van der Waals surface area contributed by atoms with E-state index in [2.05, 4.69) is 65.1 Å². The number of hydrogen-bond acceptors (Lipinski definition) is 2. The molecule has 0 atom stereocenters. The van der Waals surface area contributed by atoms with Crippen LogP contribution >= 0.6 is 23.5 Å². The minimum atomic E-state index is 0.439. The predicted molar refractivity (Wildman–Crippen MR) is 80.7 cm³/mol. The predicted octanol–water partition coefficient (Wildman–Crippen LogP) is 5.36. The summed E-state index contributed by atoms with van der Waals surface area (Å²) in [7, 11) is 0. The van der Waals surface area contributed by atoms with Gasteiger partial charge in [0.05, 0.1) is 0 Å². The lowest BCUT2D eigenvalue weighted by Crippen LogP contribution is -2.25. The summed E-state index contributed by atoms with van der Waals surface area (Å²) >= 11 is 4.38. The van der Waals surface area contributed by atoms with Gasteiger partial charge >= 0.3 is 0 Å². The first-order valence-electron chi connectivity index (χ1n) is 6.51. The van der Waals surface area contributed by atoms with Crippen LogP contribution in [0.15, 0.2) is 0 Å². The maximum absolute atomic E-state index is 2.34. The summed E-state index contributed by atoms with van der Waals surface area (Å²) in [5, 5.41) is 1.83. The second kappa shape index (κ2) is 5.56. The normalized spacial score (nSPS) is 28.1. The highest BCUT2D eigenvalue weighted by Gasteiger charge is 2.28. The van der Waals surface area contributed by atoms with Crippen molar-refractivity contribution in [1.82, 2.24) is 0 Å². The molecule has 0 aromatic heterocycles. The fourth-order valence-corrected chi connectivity index (χ4v) is 5.28. The number of thioether (sulfide) groups is 2. The Morgan fingerprint density at radius 3 is 1.06 bits per heavy atom. The molecule has 1 aliphatic carbocycles. The van der Waals surface area contributed by atoms with Gasteiger partial charge in [0.1, 0.15) is 0 Å². The SMILES string of the molecule is CC(C)(C)SC1CCC(SC(C)(C)C)CC1. The zero-order chi connectivity index (χ0) is 12.4. The monoisotopic (exact) mass is 260 g/mol. The Kier molecular flexibility index (Phi) is 5.13. The molecule has 0 heterocycles. The lowest BCUT2D eigenvalue weighted by Gasteiger charge is -2.34. The first-order valence-corrected chi connectivity index (χ1v) is 8.27. The molecule has 0 N–H and O–H groups in total. The molecular weight excluding hydrogens is 232 g/mol. The van der Waals surface area contributed by atoms with Gasteiger partial charge in [0.15, 0.2) is 0 Å². The summed E-state index contributed by atoms with van der Waals surface area (Å²) in [5.41, 5.74) is 0. The van der Waals surface area contributed by atoms with Gasteiger partial charge in [-0.25, -0.2) is 0 Å². The van der Waals surface area contributed by atoms with Crippen LogP contribution in [0.25, 0.3) is 0 Å². The van der Waals surface area contributed by atoms with Gasteiger partial charge in [-0.1, -0.05) is 41.5 Å². The standard InChI is InChI=1S/C14H28S2/c1-13(2,3)15-11-7-9-12(10-8-11)16-14(4,5)6/h11-12H,7-10H2,1-6H3. The van der Waals surface area contributed by atoms with E-state index >= 15 is 0 Å². The number of rotatable bonds is 2. The second-order valence-electron chi connectivity index (χ2n) is 6.86. The minimum absolute atomic E-state index is 0.439. The molecule has 0 aromatic rings. The zero-order valence-electron chi connectivity index (χ0n) is 11.8. The Hall–Kier alpha value is 0.700. The van der Waals surface area contributed by atoms with Crippen molar-refractivity contribution in [3.63, 3.8) is 0 Å². The highest BCUT2D eigenvalue weighted by atomic mass is 32.2. The number of hydrogen-bond donors (Lipinski definition) is 0. The van der Waals surface area contributed by atoms with Crippen molar-refractivity contribution in [2.45, 2.75) is 87.2 Å². The third kappa shape index (κ3) is 6.44. The van der Waals surface area contributed by atoms with Crippen molar-refractivity contribution < 1.29 is 0 Å². The summed E-state index contributed by atoms with van der Waals surface area (Å²) < 4.78 is 0.878. The Labute approximate surface area is 111 Å². The maximum Gasteiger partial charge on any atom is 0.00778 e.